The maximum atomic E-state index is 13.2. The molecular weight excluding hydrogens is 251 g/mol. The molecule has 0 fully saturated rings. The summed E-state index contributed by atoms with van der Waals surface area (Å²) in [7, 11) is 1.35. The first-order valence-corrected chi connectivity index (χ1v) is 6.09. The number of carbonyl (C=O) groups is 2. The highest BCUT2D eigenvalue weighted by Crippen LogP contribution is 2.04. The zero-order valence-electron chi connectivity index (χ0n) is 10.8. The van der Waals surface area contributed by atoms with E-state index in [1.165, 1.54) is 19.4 Å². The number of nitrogens with one attached hydrogen (secondary N) is 1. The maximum Gasteiger partial charge on any atom is 0.305 e. The maximum absolute atomic E-state index is 13.2. The van der Waals surface area contributed by atoms with Gasteiger partial charge in [0.25, 0.3) is 5.91 Å². The Bertz CT molecular complexity index is 438. The van der Waals surface area contributed by atoms with Crippen LogP contribution in [0.5, 0.6) is 0 Å². The molecule has 0 atom stereocenters. The van der Waals surface area contributed by atoms with Crippen LogP contribution in [-0.4, -0.2) is 30.5 Å². The molecule has 0 bridgehead atoms. The topological polar surface area (TPSA) is 68.3 Å². The number of halogens is 1. The lowest BCUT2D eigenvalue weighted by Crippen LogP contribution is -2.25. The lowest BCUT2D eigenvalue weighted by molar-refractivity contribution is -0.140. The van der Waals surface area contributed by atoms with Crippen molar-refractivity contribution >= 4 is 11.9 Å². The molecule has 0 aromatic carbocycles. The molecule has 0 spiro atoms. The number of hydrogen-bond acceptors (Lipinski definition) is 4. The van der Waals surface area contributed by atoms with Crippen molar-refractivity contribution in [3.05, 3.63) is 29.8 Å². The number of nitrogens with zero attached hydrogens (tertiary/aromatic N) is 1. The molecule has 0 unspecified atom stereocenters. The van der Waals surface area contributed by atoms with E-state index in [-0.39, 0.29) is 11.5 Å². The van der Waals surface area contributed by atoms with Crippen molar-refractivity contribution in [1.29, 1.82) is 0 Å². The smallest absolute Gasteiger partial charge is 0.305 e. The van der Waals surface area contributed by atoms with Crippen molar-refractivity contribution in [2.75, 3.05) is 13.7 Å². The van der Waals surface area contributed by atoms with Gasteiger partial charge in [0.1, 0.15) is 0 Å². The summed E-state index contributed by atoms with van der Waals surface area (Å²) in [6.07, 6.45) is 5.00. The molecular formula is C13H17FN2O3. The second kappa shape index (κ2) is 8.18. The number of pyridine rings is 1. The second-order valence-corrected chi connectivity index (χ2v) is 4.00. The lowest BCUT2D eigenvalue weighted by Gasteiger charge is -2.05. The molecule has 1 rings (SSSR count). The zero-order chi connectivity index (χ0) is 14.1. The number of hydrogen-bond donors (Lipinski definition) is 1. The number of amides is 1. The van der Waals surface area contributed by atoms with Gasteiger partial charge in [-0.3, -0.25) is 14.6 Å². The average molecular weight is 268 g/mol. The molecule has 5 nitrogen and oxygen atoms in total. The minimum atomic E-state index is -0.634. The van der Waals surface area contributed by atoms with Gasteiger partial charge < -0.3 is 10.1 Å². The molecule has 1 heterocycles. The fourth-order valence-electron chi connectivity index (χ4n) is 1.53. The fraction of sp³-hybridized carbons (Fsp3) is 0.462. The highest BCUT2D eigenvalue weighted by atomic mass is 19.1. The number of unbranched alkanes of at least 4 members (excludes halogenated alkanes) is 2. The third kappa shape index (κ3) is 5.46. The molecule has 0 aliphatic rings. The van der Waals surface area contributed by atoms with Gasteiger partial charge in [-0.15, -0.1) is 0 Å². The molecule has 0 saturated heterocycles. The molecule has 0 aliphatic heterocycles. The molecule has 19 heavy (non-hydrogen) atoms. The number of carbonyl (C=O) groups excluding carboxylic acids is 2. The summed E-state index contributed by atoms with van der Waals surface area (Å²) in [5.74, 6) is -1.32. The molecule has 1 amide bonds. The van der Waals surface area contributed by atoms with Crippen molar-refractivity contribution in [2.24, 2.45) is 0 Å². The molecule has 0 radical (unpaired) electrons. The third-order valence-electron chi connectivity index (χ3n) is 2.59. The van der Waals surface area contributed by atoms with Crippen LogP contribution in [0.15, 0.2) is 18.5 Å². The Kier molecular flexibility index (Phi) is 6.49. The minimum absolute atomic E-state index is 0.00967. The SMILES string of the molecule is COC(=O)CCCCCNC(=O)c1ccncc1F. The predicted molar refractivity (Wildman–Crippen MR) is 67.0 cm³/mol. The monoisotopic (exact) mass is 268 g/mol. The summed E-state index contributed by atoms with van der Waals surface area (Å²) in [5, 5.41) is 2.62. The van der Waals surface area contributed by atoms with Crippen LogP contribution in [0.2, 0.25) is 0 Å². The molecule has 1 aromatic heterocycles. The second-order valence-electron chi connectivity index (χ2n) is 4.00. The highest BCUT2D eigenvalue weighted by Gasteiger charge is 2.10. The minimum Gasteiger partial charge on any atom is -0.469 e. The van der Waals surface area contributed by atoms with E-state index in [0.29, 0.717) is 19.4 Å². The standard InChI is InChI=1S/C13H17FN2O3/c1-19-12(17)5-3-2-4-7-16-13(18)10-6-8-15-9-11(10)14/h6,8-9H,2-5,7H2,1H3,(H,16,18). The van der Waals surface area contributed by atoms with Crippen molar-refractivity contribution in [2.45, 2.75) is 25.7 Å². The normalized spacial score (nSPS) is 10.0. The molecule has 1 aromatic rings. The Morgan fingerprint density at radius 3 is 2.84 bits per heavy atom. The summed E-state index contributed by atoms with van der Waals surface area (Å²) in [5.41, 5.74) is -0.00967. The molecule has 0 aliphatic carbocycles. The van der Waals surface area contributed by atoms with Crippen LogP contribution in [0.3, 0.4) is 0 Å². The Balaban J connectivity index is 2.18. The number of methoxy groups -OCH3 is 1. The van der Waals surface area contributed by atoms with Gasteiger partial charge >= 0.3 is 5.97 Å². The van der Waals surface area contributed by atoms with E-state index in [4.69, 9.17) is 0 Å². The number of esters is 1. The zero-order valence-corrected chi connectivity index (χ0v) is 10.8. The number of aromatic nitrogens is 1. The van der Waals surface area contributed by atoms with E-state index < -0.39 is 11.7 Å². The van der Waals surface area contributed by atoms with Gasteiger partial charge in [-0.2, -0.15) is 0 Å². The fourth-order valence-corrected chi connectivity index (χ4v) is 1.53. The van der Waals surface area contributed by atoms with E-state index in [9.17, 15) is 14.0 Å². The van der Waals surface area contributed by atoms with Crippen LogP contribution < -0.4 is 5.32 Å². The van der Waals surface area contributed by atoms with Crippen LogP contribution in [-0.2, 0) is 9.53 Å². The van der Waals surface area contributed by atoms with Crippen molar-refractivity contribution in [3.8, 4) is 0 Å². The lowest BCUT2D eigenvalue weighted by atomic mass is 10.2. The molecule has 0 saturated carbocycles. The van der Waals surface area contributed by atoms with Crippen molar-refractivity contribution in [3.63, 3.8) is 0 Å². The van der Waals surface area contributed by atoms with Crippen molar-refractivity contribution < 1.29 is 18.7 Å². The Hall–Kier alpha value is -1.98. The summed E-state index contributed by atoms with van der Waals surface area (Å²) in [4.78, 5) is 26.0. The van der Waals surface area contributed by atoms with Gasteiger partial charge in [0.15, 0.2) is 5.82 Å². The van der Waals surface area contributed by atoms with E-state index in [1.54, 1.807) is 0 Å². The first kappa shape index (κ1) is 15.1. The summed E-state index contributed by atoms with van der Waals surface area (Å²) in [6, 6.07) is 1.34. The van der Waals surface area contributed by atoms with Crippen LogP contribution in [0.1, 0.15) is 36.0 Å². The van der Waals surface area contributed by atoms with Crippen LogP contribution in [0.25, 0.3) is 0 Å². The Morgan fingerprint density at radius 2 is 2.16 bits per heavy atom. The van der Waals surface area contributed by atoms with Gasteiger partial charge in [-0.1, -0.05) is 6.42 Å². The van der Waals surface area contributed by atoms with Gasteiger partial charge in [0.05, 0.1) is 18.9 Å². The van der Waals surface area contributed by atoms with Gasteiger partial charge in [0.2, 0.25) is 0 Å². The predicted octanol–water partition coefficient (Wildman–Crippen LogP) is 1.68. The average Bonchev–Trinajstić information content (AvgIpc) is 2.42. The first-order valence-electron chi connectivity index (χ1n) is 6.09. The highest BCUT2D eigenvalue weighted by molar-refractivity contribution is 5.94. The van der Waals surface area contributed by atoms with E-state index >= 15 is 0 Å². The third-order valence-corrected chi connectivity index (χ3v) is 2.59. The van der Waals surface area contributed by atoms with Gasteiger partial charge in [-0.05, 0) is 18.9 Å². The quantitative estimate of drug-likeness (QED) is 0.603. The van der Waals surface area contributed by atoms with Crippen LogP contribution >= 0.6 is 0 Å². The number of ether oxygens (including phenoxy) is 1. The van der Waals surface area contributed by atoms with Gasteiger partial charge in [-0.25, -0.2) is 4.39 Å². The number of rotatable bonds is 7. The van der Waals surface area contributed by atoms with Crippen LogP contribution in [0, 0.1) is 5.82 Å². The largest absolute Gasteiger partial charge is 0.469 e. The van der Waals surface area contributed by atoms with Gasteiger partial charge in [0, 0.05) is 19.2 Å². The first-order chi connectivity index (χ1) is 9.15. The summed E-state index contributed by atoms with van der Waals surface area (Å²) in [6.45, 7) is 0.446. The summed E-state index contributed by atoms with van der Waals surface area (Å²) >= 11 is 0. The van der Waals surface area contributed by atoms with Crippen LogP contribution in [0.4, 0.5) is 4.39 Å². The van der Waals surface area contributed by atoms with E-state index in [1.807, 2.05) is 0 Å². The van der Waals surface area contributed by atoms with E-state index in [0.717, 1.165) is 19.0 Å². The molecule has 1 N–H and O–H groups in total. The Labute approximate surface area is 111 Å². The van der Waals surface area contributed by atoms with Crippen molar-refractivity contribution in [1.82, 2.24) is 10.3 Å². The molecule has 104 valence electrons. The van der Waals surface area contributed by atoms with E-state index in [2.05, 4.69) is 15.0 Å². The summed E-state index contributed by atoms with van der Waals surface area (Å²) < 4.78 is 17.7. The Morgan fingerprint density at radius 1 is 1.37 bits per heavy atom. The molecule has 6 heteroatoms.